The van der Waals surface area contributed by atoms with E-state index in [1.165, 1.54) is 11.8 Å². The van der Waals surface area contributed by atoms with E-state index in [1.807, 2.05) is 26.8 Å². The molecule has 0 unspecified atom stereocenters. The third kappa shape index (κ3) is 4.74. The number of carbonyl (C=O) groups excluding carboxylic acids is 2. The zero-order valence-corrected chi connectivity index (χ0v) is 16.7. The van der Waals surface area contributed by atoms with E-state index < -0.39 is 5.91 Å². The van der Waals surface area contributed by atoms with Crippen LogP contribution in [0.3, 0.4) is 0 Å². The molecule has 0 aliphatic rings. The average Bonchev–Trinajstić information content (AvgIpc) is 2.55. The van der Waals surface area contributed by atoms with E-state index in [9.17, 15) is 9.59 Å². The summed E-state index contributed by atoms with van der Waals surface area (Å²) < 4.78 is 0. The number of Topliss-reactive ketones (excluding diaryl/α,β-unsaturated/α-hetero) is 1. The fourth-order valence-electron chi connectivity index (χ4n) is 2.36. The number of anilines is 2. The second kappa shape index (κ2) is 8.51. The number of nitrogens with two attached hydrogens (primary N) is 1. The van der Waals surface area contributed by atoms with Crippen molar-refractivity contribution >= 4 is 46.6 Å². The first-order valence-corrected chi connectivity index (χ1v) is 9.65. The van der Waals surface area contributed by atoms with Crippen molar-refractivity contribution in [1.29, 1.82) is 0 Å². The van der Waals surface area contributed by atoms with Crippen LogP contribution >= 0.6 is 23.4 Å². The second-order valence-electron chi connectivity index (χ2n) is 6.26. The number of amides is 1. The molecule has 0 radical (unpaired) electrons. The molecule has 0 aliphatic carbocycles. The highest BCUT2D eigenvalue weighted by molar-refractivity contribution is 7.98. The monoisotopic (exact) mass is 392 g/mol. The molecule has 0 saturated carbocycles. The van der Waals surface area contributed by atoms with Crippen LogP contribution in [-0.2, 0) is 0 Å². The van der Waals surface area contributed by atoms with Crippen LogP contribution in [0.4, 0.5) is 11.5 Å². The first kappa shape index (κ1) is 20.2. The Bertz CT molecular complexity index is 855. The molecule has 0 atom stereocenters. The fourth-order valence-corrected chi connectivity index (χ4v) is 3.04. The second-order valence-corrected chi connectivity index (χ2v) is 7.40. The molecule has 8 heteroatoms. The van der Waals surface area contributed by atoms with Gasteiger partial charge in [-0.05, 0) is 30.7 Å². The van der Waals surface area contributed by atoms with Crippen LogP contribution in [0.2, 0.25) is 5.15 Å². The van der Waals surface area contributed by atoms with E-state index >= 15 is 0 Å². The first-order valence-electron chi connectivity index (χ1n) is 8.05. The molecular weight excluding hydrogens is 372 g/mol. The summed E-state index contributed by atoms with van der Waals surface area (Å²) in [7, 11) is 0. The van der Waals surface area contributed by atoms with Crippen molar-refractivity contribution in [2.45, 2.75) is 32.3 Å². The molecule has 0 aliphatic heterocycles. The summed E-state index contributed by atoms with van der Waals surface area (Å²) in [5.41, 5.74) is 7.59. The lowest BCUT2D eigenvalue weighted by Gasteiger charge is -2.14. The molecule has 1 aromatic carbocycles. The van der Waals surface area contributed by atoms with Crippen LogP contribution in [0.15, 0.2) is 23.4 Å². The number of aryl methyl sites for hydroxylation is 1. The summed E-state index contributed by atoms with van der Waals surface area (Å²) in [5.74, 6) is -0.177. The van der Waals surface area contributed by atoms with Crippen LogP contribution in [0.1, 0.15) is 46.5 Å². The van der Waals surface area contributed by atoms with Gasteiger partial charge < -0.3 is 11.1 Å². The van der Waals surface area contributed by atoms with Crippen molar-refractivity contribution < 1.29 is 9.59 Å². The number of nitrogens with one attached hydrogen (secondary N) is 1. The van der Waals surface area contributed by atoms with Crippen molar-refractivity contribution in [2.24, 2.45) is 11.7 Å². The zero-order valence-electron chi connectivity index (χ0n) is 15.1. The lowest BCUT2D eigenvalue weighted by molar-refractivity contribution is 0.0965. The Morgan fingerprint density at radius 1 is 1.31 bits per heavy atom. The minimum atomic E-state index is -0.727. The smallest absolute Gasteiger partial charge is 0.255 e. The molecule has 1 amide bonds. The van der Waals surface area contributed by atoms with E-state index in [1.54, 1.807) is 18.4 Å². The van der Waals surface area contributed by atoms with Crippen LogP contribution in [0.5, 0.6) is 0 Å². The summed E-state index contributed by atoms with van der Waals surface area (Å²) in [4.78, 5) is 32.5. The highest BCUT2D eigenvalue weighted by Gasteiger charge is 2.19. The summed E-state index contributed by atoms with van der Waals surface area (Å²) in [6, 6.07) is 5.39. The molecule has 0 spiro atoms. The quantitative estimate of drug-likeness (QED) is 0.316. The molecular formula is C18H21ClN4O2S. The van der Waals surface area contributed by atoms with Crippen molar-refractivity contribution in [1.82, 2.24) is 9.97 Å². The van der Waals surface area contributed by atoms with Crippen molar-refractivity contribution in [3.8, 4) is 0 Å². The number of ketones is 1. The Labute approximate surface area is 161 Å². The Kier molecular flexibility index (Phi) is 6.61. The Balaban J connectivity index is 2.46. The molecule has 0 bridgehead atoms. The molecule has 0 saturated heterocycles. The van der Waals surface area contributed by atoms with Gasteiger partial charge in [0.25, 0.3) is 5.91 Å². The predicted octanol–water partition coefficient (Wildman–Crippen LogP) is 4.23. The van der Waals surface area contributed by atoms with Crippen LogP contribution < -0.4 is 11.1 Å². The van der Waals surface area contributed by atoms with Gasteiger partial charge in [-0.25, -0.2) is 9.97 Å². The normalized spacial score (nSPS) is 10.8. The predicted molar refractivity (Wildman–Crippen MR) is 106 cm³/mol. The molecule has 138 valence electrons. The lowest BCUT2D eigenvalue weighted by Crippen LogP contribution is -2.16. The summed E-state index contributed by atoms with van der Waals surface area (Å²) in [6.45, 7) is 5.88. The minimum Gasteiger partial charge on any atom is -0.365 e. The fraction of sp³-hybridized carbons (Fsp3) is 0.333. The number of rotatable bonds is 7. The topological polar surface area (TPSA) is 98.0 Å². The van der Waals surface area contributed by atoms with Crippen molar-refractivity contribution in [3.63, 3.8) is 0 Å². The number of halogens is 1. The Morgan fingerprint density at radius 2 is 2.00 bits per heavy atom. The number of aromatic nitrogens is 2. The van der Waals surface area contributed by atoms with Gasteiger partial charge in [-0.3, -0.25) is 9.59 Å². The van der Waals surface area contributed by atoms with Gasteiger partial charge in [-0.15, -0.1) is 0 Å². The molecule has 2 rings (SSSR count). The molecule has 3 N–H and O–H groups in total. The third-order valence-corrected chi connectivity index (χ3v) is 4.50. The minimum absolute atomic E-state index is 0.0101. The molecule has 26 heavy (non-hydrogen) atoms. The molecule has 0 fully saturated rings. The van der Waals surface area contributed by atoms with E-state index in [4.69, 9.17) is 17.3 Å². The van der Waals surface area contributed by atoms with Crippen LogP contribution in [-0.4, -0.2) is 27.9 Å². The number of carbonyl (C=O) groups is 2. The van der Waals surface area contributed by atoms with Gasteiger partial charge in [0.2, 0.25) is 0 Å². The standard InChI is InChI=1S/C18H21ClN4O2S/c1-9(2)7-13(24)11-6-5-10(3)12(8-11)21-17-14(16(20)25)15(19)22-18(23-17)26-4/h5-6,8-9H,7H2,1-4H3,(H2,20,25)(H,21,22,23). The number of thioether (sulfide) groups is 1. The highest BCUT2D eigenvalue weighted by Crippen LogP contribution is 2.29. The van der Waals surface area contributed by atoms with Gasteiger partial charge in [-0.2, -0.15) is 0 Å². The summed E-state index contributed by atoms with van der Waals surface area (Å²) in [5, 5.41) is 3.48. The Hall–Kier alpha value is -2.12. The van der Waals surface area contributed by atoms with E-state index in [0.29, 0.717) is 22.8 Å². The lowest BCUT2D eigenvalue weighted by atomic mass is 9.99. The Morgan fingerprint density at radius 3 is 2.58 bits per heavy atom. The number of nitrogens with zero attached hydrogens (tertiary/aromatic N) is 2. The molecule has 1 heterocycles. The molecule has 6 nitrogen and oxygen atoms in total. The van der Waals surface area contributed by atoms with Gasteiger partial charge >= 0.3 is 0 Å². The summed E-state index contributed by atoms with van der Waals surface area (Å²) in [6.07, 6.45) is 2.26. The van der Waals surface area contributed by atoms with Gasteiger partial charge in [-0.1, -0.05) is 49.3 Å². The highest BCUT2D eigenvalue weighted by atomic mass is 35.5. The SMILES string of the molecule is CSc1nc(Cl)c(C(N)=O)c(Nc2cc(C(=O)CC(C)C)ccc2C)n1. The van der Waals surface area contributed by atoms with Crippen LogP contribution in [0, 0.1) is 12.8 Å². The van der Waals surface area contributed by atoms with E-state index in [2.05, 4.69) is 15.3 Å². The first-order chi connectivity index (χ1) is 12.2. The van der Waals surface area contributed by atoms with Gasteiger partial charge in [0.05, 0.1) is 0 Å². The number of benzene rings is 1. The molecule has 1 aromatic heterocycles. The maximum Gasteiger partial charge on any atom is 0.255 e. The van der Waals surface area contributed by atoms with Crippen molar-refractivity contribution in [2.75, 3.05) is 11.6 Å². The maximum absolute atomic E-state index is 12.3. The number of hydrogen-bond donors (Lipinski definition) is 2. The number of hydrogen-bond acceptors (Lipinski definition) is 6. The van der Waals surface area contributed by atoms with Crippen LogP contribution in [0.25, 0.3) is 0 Å². The number of primary amides is 1. The zero-order chi connectivity index (χ0) is 19.4. The van der Waals surface area contributed by atoms with Gasteiger partial charge in [0, 0.05) is 17.7 Å². The van der Waals surface area contributed by atoms with Gasteiger partial charge in [0.15, 0.2) is 10.9 Å². The summed E-state index contributed by atoms with van der Waals surface area (Å²) >= 11 is 7.39. The molecule has 2 aromatic rings. The largest absolute Gasteiger partial charge is 0.365 e. The van der Waals surface area contributed by atoms with Crippen molar-refractivity contribution in [3.05, 3.63) is 40.0 Å². The maximum atomic E-state index is 12.3. The van der Waals surface area contributed by atoms with E-state index in [-0.39, 0.29) is 28.2 Å². The van der Waals surface area contributed by atoms with Gasteiger partial charge in [0.1, 0.15) is 16.5 Å². The van der Waals surface area contributed by atoms with E-state index in [0.717, 1.165) is 5.56 Å². The third-order valence-electron chi connectivity index (χ3n) is 3.68. The average molecular weight is 393 g/mol.